The smallest absolute Gasteiger partial charge is 0.410 e. The van der Waals surface area contributed by atoms with Crippen LogP contribution < -0.4 is 10.2 Å². The summed E-state index contributed by atoms with van der Waals surface area (Å²) in [6.45, 7) is 9.75. The van der Waals surface area contributed by atoms with Gasteiger partial charge in [-0.15, -0.1) is 11.8 Å². The molecule has 0 radical (unpaired) electrons. The fourth-order valence-corrected chi connectivity index (χ4v) is 6.25. The summed E-state index contributed by atoms with van der Waals surface area (Å²) in [5.74, 6) is 1.93. The van der Waals surface area contributed by atoms with Crippen molar-refractivity contribution < 1.29 is 9.53 Å². The molecule has 0 spiro atoms. The van der Waals surface area contributed by atoms with Crippen LogP contribution in [-0.4, -0.2) is 60.1 Å². The van der Waals surface area contributed by atoms with Crippen molar-refractivity contribution >= 4 is 40.1 Å². The first-order chi connectivity index (χ1) is 19.4. The Balaban J connectivity index is 0.951. The van der Waals surface area contributed by atoms with Gasteiger partial charge in [-0.25, -0.2) is 4.79 Å². The number of carbonyl (C=O) groups excluding carboxylic acids is 1. The van der Waals surface area contributed by atoms with Crippen LogP contribution in [0.4, 0.5) is 16.2 Å². The molecule has 3 aromatic rings. The molecule has 1 aromatic heterocycles. The van der Waals surface area contributed by atoms with Crippen molar-refractivity contribution in [3.05, 3.63) is 60.3 Å². The van der Waals surface area contributed by atoms with Crippen molar-refractivity contribution in [2.45, 2.75) is 75.7 Å². The zero-order valence-electron chi connectivity index (χ0n) is 24.3. The lowest BCUT2D eigenvalue weighted by Crippen LogP contribution is -2.50. The predicted molar refractivity (Wildman–Crippen MR) is 168 cm³/mol. The number of piperazine rings is 1. The van der Waals surface area contributed by atoms with E-state index in [1.54, 1.807) is 0 Å². The van der Waals surface area contributed by atoms with E-state index in [0.29, 0.717) is 13.1 Å². The maximum Gasteiger partial charge on any atom is 0.410 e. The second-order valence-corrected chi connectivity index (χ2v) is 13.2. The Morgan fingerprint density at radius 2 is 1.73 bits per heavy atom. The molecule has 2 aliphatic rings. The molecule has 1 saturated heterocycles. The van der Waals surface area contributed by atoms with Gasteiger partial charge in [-0.05, 0) is 100 Å². The first kappa shape index (κ1) is 28.6. The zero-order chi connectivity index (χ0) is 28.0. The number of hydrogen-bond acceptors (Lipinski definition) is 6. The van der Waals surface area contributed by atoms with Gasteiger partial charge in [0.1, 0.15) is 5.60 Å². The number of aromatic nitrogens is 1. The number of nitrogens with one attached hydrogen (secondary N) is 1. The molecule has 0 atom stereocenters. The van der Waals surface area contributed by atoms with E-state index in [0.717, 1.165) is 36.8 Å². The molecule has 2 heterocycles. The molecule has 1 aliphatic carbocycles. The third-order valence-electron chi connectivity index (χ3n) is 7.60. The summed E-state index contributed by atoms with van der Waals surface area (Å²) < 4.78 is 5.51. The molecular formula is C33H44N4O2S. The number of nitrogens with zero attached hydrogens (tertiary/aromatic N) is 3. The van der Waals surface area contributed by atoms with E-state index in [4.69, 9.17) is 4.74 Å². The normalized spacial score (nSPS) is 15.9. The molecule has 1 aliphatic heterocycles. The summed E-state index contributed by atoms with van der Waals surface area (Å²) in [6.07, 6.45) is 9.35. The van der Waals surface area contributed by atoms with Crippen LogP contribution in [0.1, 0.15) is 70.8 Å². The molecule has 2 fully saturated rings. The average Bonchev–Trinajstić information content (AvgIpc) is 3.80. The highest BCUT2D eigenvalue weighted by Crippen LogP contribution is 2.41. The monoisotopic (exact) mass is 560 g/mol. The number of amides is 1. The average molecular weight is 561 g/mol. The molecule has 2 aromatic carbocycles. The lowest BCUT2D eigenvalue weighted by molar-refractivity contribution is 0.0240. The van der Waals surface area contributed by atoms with Gasteiger partial charge in [0.25, 0.3) is 0 Å². The minimum Gasteiger partial charge on any atom is -0.444 e. The van der Waals surface area contributed by atoms with Gasteiger partial charge >= 0.3 is 6.09 Å². The van der Waals surface area contributed by atoms with Gasteiger partial charge in [-0.1, -0.05) is 25.0 Å². The molecular weight excluding hydrogens is 516 g/mol. The lowest BCUT2D eigenvalue weighted by atomic mass is 10.1. The van der Waals surface area contributed by atoms with Crippen molar-refractivity contribution in [1.82, 2.24) is 9.88 Å². The van der Waals surface area contributed by atoms with E-state index in [9.17, 15) is 4.79 Å². The molecule has 1 N–H and O–H groups in total. The Bertz CT molecular complexity index is 1260. The number of thioether (sulfide) groups is 1. The highest BCUT2D eigenvalue weighted by atomic mass is 32.2. The largest absolute Gasteiger partial charge is 0.444 e. The fraction of sp³-hybridized carbons (Fsp3) is 0.515. The Morgan fingerprint density at radius 1 is 0.975 bits per heavy atom. The van der Waals surface area contributed by atoms with Gasteiger partial charge < -0.3 is 19.9 Å². The molecule has 1 amide bonds. The number of fused-ring (bicyclic) bond motifs is 1. The molecule has 5 rings (SSSR count). The minimum atomic E-state index is -0.452. The number of pyridine rings is 1. The maximum absolute atomic E-state index is 12.3. The van der Waals surface area contributed by atoms with E-state index in [2.05, 4.69) is 63.7 Å². The molecule has 1 saturated carbocycles. The van der Waals surface area contributed by atoms with Gasteiger partial charge in [0.15, 0.2) is 0 Å². The van der Waals surface area contributed by atoms with E-state index >= 15 is 0 Å². The standard InChI is InChI=1S/C33H44N4O2S/c1-33(2,3)39-32(38)37-21-19-36(20-22-37)28-13-11-27(12-14-28)34-17-6-4-5-7-23-40-31-16-18-35-30-24-26(25-8-9-25)10-15-29(30)31/h10-16,18,24-25,34H,4-9,17,19-23H2,1-3H3. The van der Waals surface area contributed by atoms with Crippen LogP contribution in [0.25, 0.3) is 10.9 Å². The van der Waals surface area contributed by atoms with Gasteiger partial charge in [0.05, 0.1) is 5.52 Å². The highest BCUT2D eigenvalue weighted by Gasteiger charge is 2.26. The first-order valence-corrected chi connectivity index (χ1v) is 15.9. The molecule has 214 valence electrons. The summed E-state index contributed by atoms with van der Waals surface area (Å²) in [5, 5.41) is 4.87. The third-order valence-corrected chi connectivity index (χ3v) is 8.76. The van der Waals surface area contributed by atoms with Crippen molar-refractivity contribution in [2.75, 3.05) is 48.7 Å². The maximum atomic E-state index is 12.3. The number of carbonyl (C=O) groups is 1. The number of ether oxygens (including phenoxy) is 1. The second-order valence-electron chi connectivity index (χ2n) is 12.1. The van der Waals surface area contributed by atoms with Crippen molar-refractivity contribution in [3.8, 4) is 0 Å². The summed E-state index contributed by atoms with van der Waals surface area (Å²) in [6, 6.07) is 17.7. The highest BCUT2D eigenvalue weighted by molar-refractivity contribution is 7.99. The van der Waals surface area contributed by atoms with Crippen LogP contribution in [-0.2, 0) is 4.74 Å². The molecule has 6 nitrogen and oxygen atoms in total. The van der Waals surface area contributed by atoms with E-state index in [1.165, 1.54) is 65.7 Å². The molecule has 7 heteroatoms. The van der Waals surface area contributed by atoms with Crippen LogP contribution in [0.3, 0.4) is 0 Å². The zero-order valence-corrected chi connectivity index (χ0v) is 25.1. The fourth-order valence-electron chi connectivity index (χ4n) is 5.19. The Morgan fingerprint density at radius 3 is 2.45 bits per heavy atom. The number of anilines is 2. The van der Waals surface area contributed by atoms with Crippen molar-refractivity contribution in [1.29, 1.82) is 0 Å². The van der Waals surface area contributed by atoms with E-state index < -0.39 is 5.60 Å². The van der Waals surface area contributed by atoms with Crippen LogP contribution in [0.2, 0.25) is 0 Å². The Kier molecular flexibility index (Phi) is 9.40. The second kappa shape index (κ2) is 13.2. The Hall–Kier alpha value is -2.93. The van der Waals surface area contributed by atoms with Crippen LogP contribution in [0, 0.1) is 0 Å². The van der Waals surface area contributed by atoms with Crippen molar-refractivity contribution in [3.63, 3.8) is 0 Å². The molecule has 40 heavy (non-hydrogen) atoms. The van der Waals surface area contributed by atoms with Gasteiger partial charge in [-0.3, -0.25) is 4.98 Å². The summed E-state index contributed by atoms with van der Waals surface area (Å²) in [7, 11) is 0. The number of unbranched alkanes of at least 4 members (excludes halogenated alkanes) is 3. The van der Waals surface area contributed by atoms with E-state index in [1.807, 2.05) is 43.6 Å². The van der Waals surface area contributed by atoms with Crippen LogP contribution in [0.5, 0.6) is 0 Å². The summed E-state index contributed by atoms with van der Waals surface area (Å²) in [4.78, 5) is 22.4. The summed E-state index contributed by atoms with van der Waals surface area (Å²) in [5.41, 5.74) is 4.53. The van der Waals surface area contributed by atoms with Crippen LogP contribution in [0.15, 0.2) is 59.6 Å². The van der Waals surface area contributed by atoms with Crippen molar-refractivity contribution in [2.24, 2.45) is 0 Å². The number of hydrogen-bond donors (Lipinski definition) is 1. The number of rotatable bonds is 11. The topological polar surface area (TPSA) is 57.7 Å². The van der Waals surface area contributed by atoms with Gasteiger partial charge in [-0.2, -0.15) is 0 Å². The Labute approximate surface area is 243 Å². The quantitative estimate of drug-likeness (QED) is 0.190. The van der Waals surface area contributed by atoms with Gasteiger partial charge in [0, 0.05) is 60.6 Å². The first-order valence-electron chi connectivity index (χ1n) is 14.9. The molecule has 0 bridgehead atoms. The summed E-state index contributed by atoms with van der Waals surface area (Å²) >= 11 is 1.97. The van der Waals surface area contributed by atoms with Gasteiger partial charge in [0.2, 0.25) is 0 Å². The number of benzene rings is 2. The third kappa shape index (κ3) is 8.06. The SMILES string of the molecule is CC(C)(C)OC(=O)N1CCN(c2ccc(NCCCCCCSc3ccnc4cc(C5CC5)ccc34)cc2)CC1. The predicted octanol–water partition coefficient (Wildman–Crippen LogP) is 7.93. The van der Waals surface area contributed by atoms with Crippen LogP contribution >= 0.6 is 11.8 Å². The molecule has 0 unspecified atom stereocenters. The van der Waals surface area contributed by atoms with E-state index in [-0.39, 0.29) is 6.09 Å². The minimum absolute atomic E-state index is 0.213. The lowest BCUT2D eigenvalue weighted by Gasteiger charge is -2.36.